The van der Waals surface area contributed by atoms with E-state index in [1.165, 1.54) is 13.3 Å². The number of pyridine rings is 2. The number of nitrogens with one attached hydrogen (secondary N) is 1. The van der Waals surface area contributed by atoms with Crippen LogP contribution >= 0.6 is 23.2 Å². The first-order valence-electron chi connectivity index (χ1n) is 9.64. The van der Waals surface area contributed by atoms with Gasteiger partial charge in [-0.15, -0.1) is 0 Å². The lowest BCUT2D eigenvalue weighted by Gasteiger charge is -2.11. The second-order valence-electron chi connectivity index (χ2n) is 6.80. The second kappa shape index (κ2) is 8.91. The fraction of sp³-hybridized carbons (Fsp3) is 0.182. The fourth-order valence-electron chi connectivity index (χ4n) is 3.29. The van der Waals surface area contributed by atoms with Crippen molar-refractivity contribution < 1.29 is 9.53 Å². The third kappa shape index (κ3) is 4.19. The first-order valence-corrected chi connectivity index (χ1v) is 10.4. The van der Waals surface area contributed by atoms with Crippen LogP contribution in [-0.2, 0) is 11.3 Å². The van der Waals surface area contributed by atoms with Gasteiger partial charge in [0.05, 0.1) is 40.1 Å². The third-order valence-corrected chi connectivity index (χ3v) is 5.28. The first-order chi connectivity index (χ1) is 15.0. The van der Waals surface area contributed by atoms with Crippen molar-refractivity contribution in [3.63, 3.8) is 0 Å². The van der Waals surface area contributed by atoms with E-state index in [2.05, 4.69) is 31.5 Å². The Labute approximate surface area is 189 Å². The maximum absolute atomic E-state index is 11.5. The van der Waals surface area contributed by atoms with E-state index in [0.29, 0.717) is 21.6 Å². The van der Waals surface area contributed by atoms with Crippen LogP contribution in [-0.4, -0.2) is 32.6 Å². The zero-order chi connectivity index (χ0) is 22.0. The number of methoxy groups -OCH3 is 1. The first kappa shape index (κ1) is 21.1. The largest absolute Gasteiger partial charge is 0.464 e. The average molecular weight is 456 g/mol. The van der Waals surface area contributed by atoms with Gasteiger partial charge in [-0.25, -0.2) is 19.7 Å². The lowest BCUT2D eigenvalue weighted by atomic mass is 10.2. The predicted molar refractivity (Wildman–Crippen MR) is 122 cm³/mol. The van der Waals surface area contributed by atoms with Crippen molar-refractivity contribution in [3.05, 3.63) is 64.5 Å². The fourth-order valence-corrected chi connectivity index (χ4v) is 3.77. The average Bonchev–Trinajstić information content (AvgIpc) is 3.15. The van der Waals surface area contributed by atoms with E-state index in [0.717, 1.165) is 35.4 Å². The Balaban J connectivity index is 1.66. The SMILES string of the molecule is CCCn1c(-c2cnc(Nc3ccc(C(=O)OC)nc3)c(Cl)c2)nc2cccc(Cl)c21. The van der Waals surface area contributed by atoms with Crippen LogP contribution in [0.2, 0.25) is 10.0 Å². The van der Waals surface area contributed by atoms with Gasteiger partial charge < -0.3 is 14.6 Å². The zero-order valence-electron chi connectivity index (χ0n) is 16.9. The molecule has 4 rings (SSSR count). The number of aryl methyl sites for hydroxylation is 1. The highest BCUT2D eigenvalue weighted by Gasteiger charge is 2.16. The number of esters is 1. The molecule has 0 saturated carbocycles. The van der Waals surface area contributed by atoms with Gasteiger partial charge in [0, 0.05) is 18.3 Å². The molecule has 0 aliphatic heterocycles. The number of carbonyl (C=O) groups is 1. The number of anilines is 2. The number of rotatable bonds is 6. The molecule has 0 radical (unpaired) electrons. The summed E-state index contributed by atoms with van der Waals surface area (Å²) in [5.74, 6) is 0.728. The lowest BCUT2D eigenvalue weighted by molar-refractivity contribution is 0.0594. The van der Waals surface area contributed by atoms with Crippen molar-refractivity contribution in [2.75, 3.05) is 12.4 Å². The summed E-state index contributed by atoms with van der Waals surface area (Å²) in [6, 6.07) is 10.8. The number of carbonyl (C=O) groups excluding carboxylic acids is 1. The highest BCUT2D eigenvalue weighted by atomic mass is 35.5. The molecule has 0 aliphatic carbocycles. The normalized spacial score (nSPS) is 11.0. The van der Waals surface area contributed by atoms with E-state index >= 15 is 0 Å². The summed E-state index contributed by atoms with van der Waals surface area (Å²) in [6.07, 6.45) is 4.16. The van der Waals surface area contributed by atoms with Crippen molar-refractivity contribution in [2.45, 2.75) is 19.9 Å². The van der Waals surface area contributed by atoms with Crippen molar-refractivity contribution in [2.24, 2.45) is 0 Å². The Morgan fingerprint density at radius 3 is 2.65 bits per heavy atom. The molecule has 0 unspecified atom stereocenters. The number of hydrogen-bond donors (Lipinski definition) is 1. The number of nitrogens with zero attached hydrogens (tertiary/aromatic N) is 4. The van der Waals surface area contributed by atoms with Gasteiger partial charge in [0.15, 0.2) is 0 Å². The van der Waals surface area contributed by atoms with Gasteiger partial charge in [-0.2, -0.15) is 0 Å². The number of imidazole rings is 1. The number of para-hydroxylation sites is 1. The Bertz CT molecular complexity index is 1250. The van der Waals surface area contributed by atoms with Crippen LogP contribution in [0.4, 0.5) is 11.5 Å². The summed E-state index contributed by atoms with van der Waals surface area (Å²) < 4.78 is 6.74. The van der Waals surface area contributed by atoms with E-state index in [-0.39, 0.29) is 5.69 Å². The standard InChI is InChI=1S/C22H19Cl2N5O2/c1-3-9-29-19-15(23)5-4-6-17(19)28-21(29)13-10-16(24)20(26-11-13)27-14-7-8-18(25-12-14)22(30)31-2/h4-8,10-12H,3,9H2,1-2H3,(H,26,27). The Morgan fingerprint density at radius 2 is 1.97 bits per heavy atom. The molecule has 1 aromatic carbocycles. The van der Waals surface area contributed by atoms with Gasteiger partial charge in [-0.05, 0) is 36.8 Å². The number of fused-ring (bicyclic) bond motifs is 1. The Morgan fingerprint density at radius 1 is 1.13 bits per heavy atom. The molecule has 0 saturated heterocycles. The van der Waals surface area contributed by atoms with Crippen LogP contribution in [0.3, 0.4) is 0 Å². The smallest absolute Gasteiger partial charge is 0.356 e. The molecule has 0 aliphatic rings. The summed E-state index contributed by atoms with van der Waals surface area (Å²) in [5.41, 5.74) is 3.37. The van der Waals surface area contributed by atoms with Gasteiger partial charge in [0.2, 0.25) is 0 Å². The summed E-state index contributed by atoms with van der Waals surface area (Å²) in [7, 11) is 1.31. The predicted octanol–water partition coefficient (Wildman–Crippen LogP) is 5.74. The molecule has 0 fully saturated rings. The summed E-state index contributed by atoms with van der Waals surface area (Å²) in [5, 5.41) is 4.19. The molecule has 0 bridgehead atoms. The minimum absolute atomic E-state index is 0.218. The van der Waals surface area contributed by atoms with Crippen LogP contribution in [0.15, 0.2) is 48.8 Å². The van der Waals surface area contributed by atoms with Crippen molar-refractivity contribution in [1.82, 2.24) is 19.5 Å². The minimum Gasteiger partial charge on any atom is -0.464 e. The maximum atomic E-state index is 11.5. The molecular weight excluding hydrogens is 437 g/mol. The van der Waals surface area contributed by atoms with Crippen LogP contribution in [0.5, 0.6) is 0 Å². The van der Waals surface area contributed by atoms with Crippen molar-refractivity contribution in [3.8, 4) is 11.4 Å². The van der Waals surface area contributed by atoms with E-state index in [1.807, 2.05) is 24.3 Å². The molecule has 31 heavy (non-hydrogen) atoms. The van der Waals surface area contributed by atoms with Crippen LogP contribution < -0.4 is 5.32 Å². The third-order valence-electron chi connectivity index (χ3n) is 4.68. The molecule has 158 valence electrons. The van der Waals surface area contributed by atoms with Gasteiger partial charge in [-0.3, -0.25) is 0 Å². The number of hydrogen-bond acceptors (Lipinski definition) is 6. The molecule has 3 heterocycles. The lowest BCUT2D eigenvalue weighted by Crippen LogP contribution is -2.04. The van der Waals surface area contributed by atoms with E-state index in [9.17, 15) is 4.79 Å². The van der Waals surface area contributed by atoms with E-state index < -0.39 is 5.97 Å². The molecule has 0 spiro atoms. The molecule has 0 atom stereocenters. The number of halogens is 2. The summed E-state index contributed by atoms with van der Waals surface area (Å²) in [4.78, 5) is 24.8. The molecule has 1 N–H and O–H groups in total. The van der Waals surface area contributed by atoms with Gasteiger partial charge >= 0.3 is 5.97 Å². The van der Waals surface area contributed by atoms with Crippen molar-refractivity contribution in [1.29, 1.82) is 0 Å². The molecule has 7 nitrogen and oxygen atoms in total. The summed E-state index contributed by atoms with van der Waals surface area (Å²) >= 11 is 12.9. The number of aromatic nitrogens is 4. The van der Waals surface area contributed by atoms with Gasteiger partial charge in [0.25, 0.3) is 0 Å². The second-order valence-corrected chi connectivity index (χ2v) is 7.61. The van der Waals surface area contributed by atoms with Crippen molar-refractivity contribution >= 4 is 51.7 Å². The zero-order valence-corrected chi connectivity index (χ0v) is 18.4. The molecule has 9 heteroatoms. The van der Waals surface area contributed by atoms with Crippen LogP contribution in [0.25, 0.3) is 22.4 Å². The highest BCUT2D eigenvalue weighted by Crippen LogP contribution is 2.32. The maximum Gasteiger partial charge on any atom is 0.356 e. The quantitative estimate of drug-likeness (QED) is 0.373. The van der Waals surface area contributed by atoms with E-state index in [1.54, 1.807) is 18.3 Å². The highest BCUT2D eigenvalue weighted by molar-refractivity contribution is 6.35. The van der Waals surface area contributed by atoms with E-state index in [4.69, 9.17) is 28.2 Å². The van der Waals surface area contributed by atoms with Crippen LogP contribution in [0.1, 0.15) is 23.8 Å². The topological polar surface area (TPSA) is 81.9 Å². The van der Waals surface area contributed by atoms with Gasteiger partial charge in [-0.1, -0.05) is 36.2 Å². The molecular formula is C22H19Cl2N5O2. The monoisotopic (exact) mass is 455 g/mol. The Kier molecular flexibility index (Phi) is 6.06. The molecule has 4 aromatic rings. The number of benzene rings is 1. The molecule has 3 aromatic heterocycles. The Hall–Kier alpha value is -3.16. The number of ether oxygens (including phenoxy) is 1. The van der Waals surface area contributed by atoms with Crippen LogP contribution in [0, 0.1) is 0 Å². The minimum atomic E-state index is -0.498. The summed E-state index contributed by atoms with van der Waals surface area (Å²) in [6.45, 7) is 2.87. The molecule has 0 amide bonds. The van der Waals surface area contributed by atoms with Gasteiger partial charge in [0.1, 0.15) is 17.3 Å².